The van der Waals surface area contributed by atoms with Gasteiger partial charge in [0.25, 0.3) is 5.78 Å². The smallest absolute Gasteiger partial charge is 0.282 e. The van der Waals surface area contributed by atoms with Crippen LogP contribution in [0.3, 0.4) is 0 Å². The number of Topliss-reactive ketones (excluding diaryl/α,β-unsaturated/α-hetero) is 1. The lowest BCUT2D eigenvalue weighted by Crippen LogP contribution is -2.23. The molecule has 0 N–H and O–H groups in total. The Morgan fingerprint density at radius 3 is 2.50 bits per heavy atom. The number of para-hydroxylation sites is 1. The van der Waals surface area contributed by atoms with Gasteiger partial charge < -0.3 is 0 Å². The highest BCUT2D eigenvalue weighted by Crippen LogP contribution is 2.20. The van der Waals surface area contributed by atoms with Crippen LogP contribution in [0.25, 0.3) is 5.69 Å². The Labute approximate surface area is 97.8 Å². The fourth-order valence-electron chi connectivity index (χ4n) is 1.27. The number of carbonyl (C=O) groups is 1. The van der Waals surface area contributed by atoms with Crippen molar-refractivity contribution < 1.29 is 22.4 Å². The molecule has 0 unspecified atom stereocenters. The molecule has 0 amide bonds. The third kappa shape index (κ3) is 2.22. The van der Waals surface area contributed by atoms with E-state index in [1.165, 1.54) is 18.2 Å². The summed E-state index contributed by atoms with van der Waals surface area (Å²) in [6.07, 6.45) is -4.30. The lowest BCUT2D eigenvalue weighted by Gasteiger charge is -2.01. The van der Waals surface area contributed by atoms with E-state index in [0.717, 1.165) is 16.9 Å². The minimum Gasteiger partial charge on any atom is -0.282 e. The monoisotopic (exact) mass is 259 g/mol. The zero-order valence-corrected chi connectivity index (χ0v) is 8.65. The molecule has 0 spiro atoms. The van der Waals surface area contributed by atoms with Crippen molar-refractivity contribution in [3.05, 3.63) is 42.0 Å². The molecule has 0 radical (unpaired) electrons. The van der Waals surface area contributed by atoms with Crippen LogP contribution in [0.4, 0.5) is 17.6 Å². The maximum atomic E-state index is 13.3. The summed E-state index contributed by atoms with van der Waals surface area (Å²) >= 11 is 0. The van der Waals surface area contributed by atoms with Gasteiger partial charge in [0, 0.05) is 0 Å². The van der Waals surface area contributed by atoms with Crippen molar-refractivity contribution in [2.45, 2.75) is 6.18 Å². The first-order chi connectivity index (χ1) is 8.39. The van der Waals surface area contributed by atoms with Crippen LogP contribution >= 0.6 is 0 Å². The quantitative estimate of drug-likeness (QED) is 0.613. The van der Waals surface area contributed by atoms with E-state index in [1.807, 2.05) is 0 Å². The van der Waals surface area contributed by atoms with Gasteiger partial charge in [-0.05, 0) is 12.1 Å². The molecule has 2 rings (SSSR count). The highest BCUT2D eigenvalue weighted by molar-refractivity contribution is 5.98. The molecule has 1 aromatic heterocycles. The summed E-state index contributed by atoms with van der Waals surface area (Å²) < 4.78 is 50.5. The standard InChI is InChI=1S/C10H5F4N3O/c11-6-3-1-2-4-8(6)17-5-7(15-16-17)9(18)10(12,13)14/h1-5H. The normalized spacial score (nSPS) is 11.6. The summed E-state index contributed by atoms with van der Waals surface area (Å²) in [4.78, 5) is 10.9. The van der Waals surface area contributed by atoms with E-state index in [4.69, 9.17) is 0 Å². The summed E-state index contributed by atoms with van der Waals surface area (Å²) in [6, 6.07) is 5.30. The Hall–Kier alpha value is -2.25. The lowest BCUT2D eigenvalue weighted by atomic mass is 10.3. The van der Waals surface area contributed by atoms with Gasteiger partial charge >= 0.3 is 6.18 Å². The van der Waals surface area contributed by atoms with Crippen LogP contribution in [0.15, 0.2) is 30.5 Å². The van der Waals surface area contributed by atoms with Gasteiger partial charge in [-0.3, -0.25) is 4.79 Å². The molecule has 0 saturated carbocycles. The molecule has 8 heteroatoms. The van der Waals surface area contributed by atoms with Crippen LogP contribution in [0.5, 0.6) is 0 Å². The van der Waals surface area contributed by atoms with Crippen LogP contribution in [0, 0.1) is 5.82 Å². The predicted molar refractivity (Wildman–Crippen MR) is 51.7 cm³/mol. The first kappa shape index (κ1) is 12.2. The number of alkyl halides is 3. The third-order valence-electron chi connectivity index (χ3n) is 2.08. The second-order valence-electron chi connectivity index (χ2n) is 3.33. The number of ketones is 1. The van der Waals surface area contributed by atoms with Crippen molar-refractivity contribution in [1.29, 1.82) is 0 Å². The number of hydrogen-bond acceptors (Lipinski definition) is 3. The molecule has 1 aromatic carbocycles. The van der Waals surface area contributed by atoms with Crippen LogP contribution in [0.2, 0.25) is 0 Å². The number of nitrogens with zero attached hydrogens (tertiary/aromatic N) is 3. The number of hydrogen-bond donors (Lipinski definition) is 0. The van der Waals surface area contributed by atoms with Crippen LogP contribution in [0.1, 0.15) is 10.5 Å². The number of benzene rings is 1. The van der Waals surface area contributed by atoms with Gasteiger partial charge in [0.05, 0.1) is 6.20 Å². The number of halogens is 4. The average Bonchev–Trinajstić information content (AvgIpc) is 2.76. The first-order valence-corrected chi connectivity index (χ1v) is 4.68. The van der Waals surface area contributed by atoms with E-state index >= 15 is 0 Å². The van der Waals surface area contributed by atoms with Crippen molar-refractivity contribution in [2.24, 2.45) is 0 Å². The van der Waals surface area contributed by atoms with Crippen LogP contribution in [-0.2, 0) is 0 Å². The van der Waals surface area contributed by atoms with Crippen molar-refractivity contribution in [3.8, 4) is 5.69 Å². The van der Waals surface area contributed by atoms with Gasteiger partial charge in [-0.25, -0.2) is 9.07 Å². The molecule has 0 aliphatic rings. The Morgan fingerprint density at radius 1 is 1.22 bits per heavy atom. The fourth-order valence-corrected chi connectivity index (χ4v) is 1.27. The summed E-state index contributed by atoms with van der Waals surface area (Å²) in [5.74, 6) is -2.81. The molecule has 94 valence electrons. The van der Waals surface area contributed by atoms with E-state index < -0.39 is 23.5 Å². The molecule has 2 aromatic rings. The predicted octanol–water partition coefficient (Wildman–Crippen LogP) is 2.15. The second kappa shape index (κ2) is 4.21. The molecule has 0 saturated heterocycles. The van der Waals surface area contributed by atoms with E-state index in [9.17, 15) is 22.4 Å². The van der Waals surface area contributed by atoms with Gasteiger partial charge in [0.2, 0.25) is 0 Å². The molecule has 18 heavy (non-hydrogen) atoms. The molecule has 0 aliphatic heterocycles. The van der Waals surface area contributed by atoms with Crippen molar-refractivity contribution in [3.63, 3.8) is 0 Å². The van der Waals surface area contributed by atoms with E-state index in [2.05, 4.69) is 10.3 Å². The summed E-state index contributed by atoms with van der Waals surface area (Å²) in [5.41, 5.74) is -0.975. The minimum atomic E-state index is -5.03. The molecule has 0 atom stereocenters. The van der Waals surface area contributed by atoms with Crippen LogP contribution in [-0.4, -0.2) is 27.0 Å². The highest BCUT2D eigenvalue weighted by Gasteiger charge is 2.41. The van der Waals surface area contributed by atoms with E-state index in [-0.39, 0.29) is 5.69 Å². The lowest BCUT2D eigenvalue weighted by molar-refractivity contribution is -0.0888. The molecule has 4 nitrogen and oxygen atoms in total. The zero-order valence-electron chi connectivity index (χ0n) is 8.65. The van der Waals surface area contributed by atoms with E-state index in [0.29, 0.717) is 0 Å². The van der Waals surface area contributed by atoms with Crippen LogP contribution < -0.4 is 0 Å². The largest absolute Gasteiger partial charge is 0.456 e. The van der Waals surface area contributed by atoms with Crippen molar-refractivity contribution >= 4 is 5.78 Å². The molecule has 1 heterocycles. The second-order valence-corrected chi connectivity index (χ2v) is 3.33. The molecule has 0 bridgehead atoms. The van der Waals surface area contributed by atoms with Crippen molar-refractivity contribution in [1.82, 2.24) is 15.0 Å². The number of carbonyl (C=O) groups excluding carboxylic acids is 1. The Bertz CT molecular complexity index is 591. The summed E-state index contributed by atoms with van der Waals surface area (Å²) in [5, 5.41) is 6.36. The maximum absolute atomic E-state index is 13.3. The van der Waals surface area contributed by atoms with Gasteiger partial charge in [0.1, 0.15) is 11.5 Å². The van der Waals surface area contributed by atoms with Gasteiger partial charge in [-0.1, -0.05) is 17.3 Å². The topological polar surface area (TPSA) is 47.8 Å². The number of rotatable bonds is 2. The molecular weight excluding hydrogens is 254 g/mol. The first-order valence-electron chi connectivity index (χ1n) is 4.68. The minimum absolute atomic E-state index is 0.0915. The fraction of sp³-hybridized carbons (Fsp3) is 0.100. The Balaban J connectivity index is 2.38. The van der Waals surface area contributed by atoms with Gasteiger partial charge in [-0.15, -0.1) is 5.10 Å². The molecular formula is C10H5F4N3O. The maximum Gasteiger partial charge on any atom is 0.456 e. The molecule has 0 fully saturated rings. The zero-order chi connectivity index (χ0) is 13.3. The van der Waals surface area contributed by atoms with Gasteiger partial charge in [0.15, 0.2) is 5.69 Å². The summed E-state index contributed by atoms with van der Waals surface area (Å²) in [6.45, 7) is 0. The summed E-state index contributed by atoms with van der Waals surface area (Å²) in [7, 11) is 0. The Morgan fingerprint density at radius 2 is 1.89 bits per heavy atom. The number of aromatic nitrogens is 3. The third-order valence-corrected chi connectivity index (χ3v) is 2.08. The highest BCUT2D eigenvalue weighted by atomic mass is 19.4. The van der Waals surface area contributed by atoms with Crippen molar-refractivity contribution in [2.75, 3.05) is 0 Å². The van der Waals surface area contributed by atoms with Gasteiger partial charge in [-0.2, -0.15) is 13.2 Å². The Kier molecular flexibility index (Phi) is 2.85. The SMILES string of the molecule is O=C(c1cn(-c2ccccc2F)nn1)C(F)(F)F. The molecule has 0 aliphatic carbocycles. The average molecular weight is 259 g/mol. The van der Waals surface area contributed by atoms with E-state index in [1.54, 1.807) is 0 Å².